The van der Waals surface area contributed by atoms with Crippen molar-refractivity contribution in [3.63, 3.8) is 0 Å². The predicted molar refractivity (Wildman–Crippen MR) is 114 cm³/mol. The fourth-order valence-electron chi connectivity index (χ4n) is 3.29. The Labute approximate surface area is 172 Å². The van der Waals surface area contributed by atoms with Crippen molar-refractivity contribution >= 4 is 21.6 Å². The molecule has 1 saturated heterocycles. The van der Waals surface area contributed by atoms with E-state index in [1.54, 1.807) is 24.3 Å². The minimum atomic E-state index is -3.48. The summed E-state index contributed by atoms with van der Waals surface area (Å²) in [5, 5.41) is 2.81. The minimum Gasteiger partial charge on any atom is -0.481 e. The molecule has 2 aromatic rings. The summed E-state index contributed by atoms with van der Waals surface area (Å²) in [6.07, 6.45) is 2.75. The molecule has 0 bridgehead atoms. The van der Waals surface area contributed by atoms with Crippen molar-refractivity contribution in [3.8, 4) is 5.75 Å². The molecule has 0 spiro atoms. The van der Waals surface area contributed by atoms with Gasteiger partial charge in [-0.3, -0.25) is 4.79 Å². The van der Waals surface area contributed by atoms with Crippen LogP contribution in [-0.2, 0) is 14.8 Å². The highest BCUT2D eigenvalue weighted by atomic mass is 32.2. The fraction of sp³-hybridized carbons (Fsp3) is 0.409. The molecular weight excluding hydrogens is 388 g/mol. The Morgan fingerprint density at radius 1 is 1.03 bits per heavy atom. The van der Waals surface area contributed by atoms with Gasteiger partial charge in [-0.05, 0) is 62.6 Å². The van der Waals surface area contributed by atoms with E-state index in [0.29, 0.717) is 30.9 Å². The topological polar surface area (TPSA) is 75.7 Å². The van der Waals surface area contributed by atoms with Gasteiger partial charge in [0.05, 0.1) is 4.90 Å². The molecule has 1 N–H and O–H groups in total. The van der Waals surface area contributed by atoms with E-state index in [4.69, 9.17) is 4.74 Å². The number of piperidine rings is 1. The van der Waals surface area contributed by atoms with Crippen LogP contribution in [0.4, 0.5) is 5.69 Å². The molecule has 0 radical (unpaired) electrons. The Bertz CT molecular complexity index is 918. The highest BCUT2D eigenvalue weighted by molar-refractivity contribution is 7.89. The normalized spacial score (nSPS) is 16.2. The number of ether oxygens (including phenoxy) is 1. The van der Waals surface area contributed by atoms with Crippen molar-refractivity contribution in [1.29, 1.82) is 0 Å². The molecule has 29 heavy (non-hydrogen) atoms. The maximum Gasteiger partial charge on any atom is 0.265 e. The highest BCUT2D eigenvalue weighted by Gasteiger charge is 2.26. The van der Waals surface area contributed by atoms with E-state index in [-0.39, 0.29) is 10.8 Å². The second kappa shape index (κ2) is 9.41. The first-order chi connectivity index (χ1) is 13.9. The van der Waals surface area contributed by atoms with Gasteiger partial charge in [0.1, 0.15) is 5.75 Å². The third-order valence-electron chi connectivity index (χ3n) is 5.04. The van der Waals surface area contributed by atoms with Crippen LogP contribution in [0.15, 0.2) is 53.4 Å². The summed E-state index contributed by atoms with van der Waals surface area (Å²) in [6, 6.07) is 13.9. The molecule has 6 nitrogen and oxygen atoms in total. The average molecular weight is 417 g/mol. The first-order valence-electron chi connectivity index (χ1n) is 10.0. The highest BCUT2D eigenvalue weighted by Crippen LogP contribution is 2.22. The molecule has 0 aromatic heterocycles. The number of hydrogen-bond donors (Lipinski definition) is 1. The van der Waals surface area contributed by atoms with Gasteiger partial charge < -0.3 is 10.1 Å². The van der Waals surface area contributed by atoms with Crippen molar-refractivity contribution in [3.05, 3.63) is 54.1 Å². The maximum absolute atomic E-state index is 12.7. The second-order valence-corrected chi connectivity index (χ2v) is 9.24. The number of nitrogens with one attached hydrogen (secondary N) is 1. The molecule has 2 aromatic carbocycles. The SMILES string of the molecule is CCC(Oc1ccc(C)cc1)C(=O)Nc1ccc(S(=O)(=O)N2CCCCC2)cc1. The number of amides is 1. The van der Waals surface area contributed by atoms with Crippen LogP contribution in [-0.4, -0.2) is 37.8 Å². The van der Waals surface area contributed by atoms with Gasteiger partial charge in [-0.25, -0.2) is 8.42 Å². The van der Waals surface area contributed by atoms with Crippen molar-refractivity contribution in [2.24, 2.45) is 0 Å². The van der Waals surface area contributed by atoms with Crippen LogP contribution in [0.25, 0.3) is 0 Å². The zero-order valence-electron chi connectivity index (χ0n) is 16.9. The van der Waals surface area contributed by atoms with Gasteiger partial charge in [0.15, 0.2) is 6.10 Å². The molecule has 156 valence electrons. The maximum atomic E-state index is 12.7. The molecule has 1 heterocycles. The summed E-state index contributed by atoms with van der Waals surface area (Å²) in [5.41, 5.74) is 1.66. The number of sulfonamides is 1. The Kier molecular flexibility index (Phi) is 6.92. The van der Waals surface area contributed by atoms with Crippen LogP contribution in [0.2, 0.25) is 0 Å². The first kappa shape index (κ1) is 21.3. The first-order valence-corrected chi connectivity index (χ1v) is 11.5. The fourth-order valence-corrected chi connectivity index (χ4v) is 4.81. The molecule has 7 heteroatoms. The Morgan fingerprint density at radius 3 is 2.24 bits per heavy atom. The zero-order chi connectivity index (χ0) is 20.9. The Hall–Kier alpha value is -2.38. The average Bonchev–Trinajstić information content (AvgIpc) is 2.74. The van der Waals surface area contributed by atoms with E-state index in [1.165, 1.54) is 4.31 Å². The molecule has 1 atom stereocenters. The van der Waals surface area contributed by atoms with Gasteiger partial charge in [0.25, 0.3) is 5.91 Å². The van der Waals surface area contributed by atoms with Crippen molar-refractivity contribution < 1.29 is 17.9 Å². The summed E-state index contributed by atoms with van der Waals surface area (Å²) >= 11 is 0. The summed E-state index contributed by atoms with van der Waals surface area (Å²) in [7, 11) is -3.48. The lowest BCUT2D eigenvalue weighted by molar-refractivity contribution is -0.122. The number of nitrogens with zero attached hydrogens (tertiary/aromatic N) is 1. The molecular formula is C22H28N2O4S. The predicted octanol–water partition coefficient (Wildman–Crippen LogP) is 3.97. The van der Waals surface area contributed by atoms with E-state index in [1.807, 2.05) is 38.1 Å². The van der Waals surface area contributed by atoms with Crippen LogP contribution in [0.3, 0.4) is 0 Å². The van der Waals surface area contributed by atoms with E-state index < -0.39 is 16.1 Å². The number of anilines is 1. The number of hydrogen-bond acceptors (Lipinski definition) is 4. The van der Waals surface area contributed by atoms with Crippen molar-refractivity contribution in [2.45, 2.75) is 50.5 Å². The summed E-state index contributed by atoms with van der Waals surface area (Å²) in [6.45, 7) is 5.00. The molecule has 1 amide bonds. The number of carbonyl (C=O) groups is 1. The van der Waals surface area contributed by atoms with Gasteiger partial charge in [0.2, 0.25) is 10.0 Å². The van der Waals surface area contributed by atoms with Crippen LogP contribution in [0.1, 0.15) is 38.2 Å². The Balaban J connectivity index is 1.64. The standard InChI is InChI=1S/C22H28N2O4S/c1-3-21(28-19-11-7-17(2)8-12-19)22(25)23-18-9-13-20(14-10-18)29(26,27)24-15-5-4-6-16-24/h7-14,21H,3-6,15-16H2,1-2H3,(H,23,25). The van der Waals surface area contributed by atoms with Gasteiger partial charge in [0, 0.05) is 18.8 Å². The molecule has 1 unspecified atom stereocenters. The van der Waals surface area contributed by atoms with Crippen molar-refractivity contribution in [2.75, 3.05) is 18.4 Å². The van der Waals surface area contributed by atoms with Crippen molar-refractivity contribution in [1.82, 2.24) is 4.31 Å². The summed E-state index contributed by atoms with van der Waals surface area (Å²) in [5.74, 6) is 0.375. The van der Waals surface area contributed by atoms with Crippen LogP contribution in [0, 0.1) is 6.92 Å². The van der Waals surface area contributed by atoms with Crippen LogP contribution < -0.4 is 10.1 Å². The molecule has 3 rings (SSSR count). The number of carbonyl (C=O) groups excluding carboxylic acids is 1. The number of aryl methyl sites for hydroxylation is 1. The van der Waals surface area contributed by atoms with E-state index in [9.17, 15) is 13.2 Å². The van der Waals surface area contributed by atoms with Gasteiger partial charge in [-0.2, -0.15) is 4.31 Å². The monoisotopic (exact) mass is 416 g/mol. The second-order valence-electron chi connectivity index (χ2n) is 7.31. The zero-order valence-corrected chi connectivity index (χ0v) is 17.7. The Morgan fingerprint density at radius 2 is 1.66 bits per heavy atom. The third kappa shape index (κ3) is 5.36. The lowest BCUT2D eigenvalue weighted by atomic mass is 10.2. The molecule has 1 aliphatic rings. The lowest BCUT2D eigenvalue weighted by Crippen LogP contribution is -2.35. The lowest BCUT2D eigenvalue weighted by Gasteiger charge is -2.26. The van der Waals surface area contributed by atoms with Gasteiger partial charge in [-0.15, -0.1) is 0 Å². The smallest absolute Gasteiger partial charge is 0.265 e. The van der Waals surface area contributed by atoms with Crippen LogP contribution in [0.5, 0.6) is 5.75 Å². The molecule has 0 aliphatic carbocycles. The largest absolute Gasteiger partial charge is 0.481 e. The van der Waals surface area contributed by atoms with Gasteiger partial charge in [-0.1, -0.05) is 31.0 Å². The summed E-state index contributed by atoms with van der Waals surface area (Å²) in [4.78, 5) is 12.8. The van der Waals surface area contributed by atoms with Crippen LogP contribution >= 0.6 is 0 Å². The molecule has 1 aliphatic heterocycles. The molecule has 0 saturated carbocycles. The van der Waals surface area contributed by atoms with Gasteiger partial charge >= 0.3 is 0 Å². The third-order valence-corrected chi connectivity index (χ3v) is 6.95. The quantitative estimate of drug-likeness (QED) is 0.741. The van der Waals surface area contributed by atoms with E-state index in [0.717, 1.165) is 24.8 Å². The van der Waals surface area contributed by atoms with E-state index >= 15 is 0 Å². The molecule has 1 fully saturated rings. The number of rotatable bonds is 7. The summed E-state index contributed by atoms with van der Waals surface area (Å²) < 4.78 is 32.8. The number of benzene rings is 2. The minimum absolute atomic E-state index is 0.250. The van der Waals surface area contributed by atoms with E-state index in [2.05, 4.69) is 5.32 Å².